The van der Waals surface area contributed by atoms with Gasteiger partial charge in [0.15, 0.2) is 0 Å². The van der Waals surface area contributed by atoms with Crippen LogP contribution in [-0.2, 0) is 4.74 Å². The van der Waals surface area contributed by atoms with Crippen LogP contribution in [0.3, 0.4) is 0 Å². The first-order valence-corrected chi connectivity index (χ1v) is 7.30. The summed E-state index contributed by atoms with van der Waals surface area (Å²) >= 11 is 0. The molecule has 0 aromatic carbocycles. The first kappa shape index (κ1) is 13.3. The van der Waals surface area contributed by atoms with Crippen LogP contribution in [0.2, 0.25) is 0 Å². The van der Waals surface area contributed by atoms with Crippen molar-refractivity contribution in [1.29, 1.82) is 0 Å². The highest BCUT2D eigenvalue weighted by molar-refractivity contribution is 5.06. The predicted octanol–water partition coefficient (Wildman–Crippen LogP) is 2.00. The normalized spacial score (nSPS) is 38.3. The molecule has 2 fully saturated rings. The fourth-order valence-corrected chi connectivity index (χ4v) is 3.60. The van der Waals surface area contributed by atoms with E-state index in [0.29, 0.717) is 6.10 Å². The van der Waals surface area contributed by atoms with Gasteiger partial charge in [0.25, 0.3) is 0 Å². The van der Waals surface area contributed by atoms with Gasteiger partial charge in [-0.15, -0.1) is 0 Å². The molecular weight excluding hydrogens is 212 g/mol. The summed E-state index contributed by atoms with van der Waals surface area (Å²) in [5, 5.41) is 0. The van der Waals surface area contributed by atoms with E-state index < -0.39 is 0 Å². The molecule has 0 aromatic rings. The largest absolute Gasteiger partial charge is 0.378 e. The van der Waals surface area contributed by atoms with Crippen molar-refractivity contribution in [3.8, 4) is 0 Å². The predicted molar refractivity (Wildman–Crippen MR) is 71.0 cm³/mol. The maximum absolute atomic E-state index is 6.03. The molecule has 1 heterocycles. The lowest BCUT2D eigenvalue weighted by molar-refractivity contribution is -0.0942. The van der Waals surface area contributed by atoms with Crippen LogP contribution in [0.15, 0.2) is 0 Å². The second-order valence-electron chi connectivity index (χ2n) is 5.80. The molecule has 1 aliphatic carbocycles. The van der Waals surface area contributed by atoms with Crippen molar-refractivity contribution < 1.29 is 4.74 Å². The summed E-state index contributed by atoms with van der Waals surface area (Å²) in [4.78, 5) is 2.66. The minimum Gasteiger partial charge on any atom is -0.378 e. The fraction of sp³-hybridized carbons (Fsp3) is 1.00. The summed E-state index contributed by atoms with van der Waals surface area (Å²) in [6, 6.07) is 0. The van der Waals surface area contributed by atoms with Crippen LogP contribution in [0.5, 0.6) is 0 Å². The van der Waals surface area contributed by atoms with Crippen molar-refractivity contribution in [1.82, 2.24) is 4.90 Å². The Kier molecular flexibility index (Phi) is 4.45. The molecule has 100 valence electrons. The molecule has 3 heteroatoms. The maximum Gasteiger partial charge on any atom is 0.0611 e. The van der Waals surface area contributed by atoms with E-state index in [1.165, 1.54) is 32.4 Å². The van der Waals surface area contributed by atoms with Gasteiger partial charge in [-0.1, -0.05) is 13.3 Å². The van der Waals surface area contributed by atoms with E-state index in [1.54, 1.807) is 0 Å². The van der Waals surface area contributed by atoms with Crippen LogP contribution in [-0.4, -0.2) is 42.8 Å². The Bertz CT molecular complexity index is 238. The molecule has 3 nitrogen and oxygen atoms in total. The van der Waals surface area contributed by atoms with Crippen molar-refractivity contribution in [2.75, 3.05) is 26.2 Å². The molecule has 1 atom stereocenters. The van der Waals surface area contributed by atoms with Crippen LogP contribution in [0.25, 0.3) is 0 Å². The number of ether oxygens (including phenoxy) is 1. The molecule has 1 saturated carbocycles. The highest BCUT2D eigenvalue weighted by atomic mass is 16.5. The van der Waals surface area contributed by atoms with Gasteiger partial charge in [-0.3, -0.25) is 4.90 Å². The van der Waals surface area contributed by atoms with E-state index >= 15 is 0 Å². The average molecular weight is 240 g/mol. The third kappa shape index (κ3) is 2.67. The minimum atomic E-state index is 0.280. The molecule has 1 saturated heterocycles. The lowest BCUT2D eigenvalue weighted by Crippen LogP contribution is -2.63. The van der Waals surface area contributed by atoms with Crippen molar-refractivity contribution >= 4 is 0 Å². The molecule has 0 spiro atoms. The molecule has 1 aliphatic heterocycles. The molecule has 1 unspecified atom stereocenters. The lowest BCUT2D eigenvalue weighted by Gasteiger charge is -2.52. The van der Waals surface area contributed by atoms with Crippen LogP contribution < -0.4 is 5.73 Å². The van der Waals surface area contributed by atoms with Gasteiger partial charge in [-0.2, -0.15) is 0 Å². The van der Waals surface area contributed by atoms with Gasteiger partial charge in [-0.25, -0.2) is 0 Å². The molecule has 0 radical (unpaired) electrons. The molecule has 2 rings (SSSR count). The Labute approximate surface area is 106 Å². The maximum atomic E-state index is 6.03. The van der Waals surface area contributed by atoms with Gasteiger partial charge in [0.05, 0.1) is 6.10 Å². The fourth-order valence-electron chi connectivity index (χ4n) is 3.60. The van der Waals surface area contributed by atoms with E-state index in [1.807, 2.05) is 0 Å². The second kappa shape index (κ2) is 5.68. The zero-order valence-corrected chi connectivity index (χ0v) is 11.5. The Morgan fingerprint density at radius 1 is 1.35 bits per heavy atom. The lowest BCUT2D eigenvalue weighted by atomic mass is 9.73. The number of hydrogen-bond donors (Lipinski definition) is 1. The third-order valence-electron chi connectivity index (χ3n) is 4.65. The topological polar surface area (TPSA) is 38.5 Å². The number of nitrogens with two attached hydrogens (primary N) is 1. The van der Waals surface area contributed by atoms with Gasteiger partial charge in [-0.05, 0) is 45.1 Å². The summed E-state index contributed by atoms with van der Waals surface area (Å²) in [5.74, 6) is 0.912. The molecule has 0 amide bonds. The average Bonchev–Trinajstić information content (AvgIpc) is 2.72. The van der Waals surface area contributed by atoms with E-state index in [2.05, 4.69) is 18.7 Å². The smallest absolute Gasteiger partial charge is 0.0611 e. The van der Waals surface area contributed by atoms with E-state index in [4.69, 9.17) is 10.5 Å². The van der Waals surface area contributed by atoms with Crippen LogP contribution in [0.4, 0.5) is 0 Å². The Morgan fingerprint density at radius 2 is 2.12 bits per heavy atom. The minimum absolute atomic E-state index is 0.280. The van der Waals surface area contributed by atoms with Gasteiger partial charge in [0.1, 0.15) is 0 Å². The van der Waals surface area contributed by atoms with E-state index in [0.717, 1.165) is 31.9 Å². The summed E-state index contributed by atoms with van der Waals surface area (Å²) in [6.07, 6.45) is 6.83. The monoisotopic (exact) mass is 240 g/mol. The zero-order valence-electron chi connectivity index (χ0n) is 11.5. The first-order valence-electron chi connectivity index (χ1n) is 7.30. The Balaban J connectivity index is 1.84. The molecule has 0 bridgehead atoms. The van der Waals surface area contributed by atoms with Crippen LogP contribution in [0, 0.1) is 5.92 Å². The highest BCUT2D eigenvalue weighted by Crippen LogP contribution is 2.42. The number of likely N-dealkylation sites (tertiary alicyclic amines) is 1. The van der Waals surface area contributed by atoms with Crippen molar-refractivity contribution in [3.63, 3.8) is 0 Å². The highest BCUT2D eigenvalue weighted by Gasteiger charge is 2.49. The number of hydrogen-bond acceptors (Lipinski definition) is 3. The standard InChI is InChI=1S/C14H28N2O/c1-3-5-12-6-7-16(10-12)14(11-15)8-13(9-14)17-4-2/h12-13H,3-11,15H2,1-2H3. The van der Waals surface area contributed by atoms with Crippen molar-refractivity contribution in [2.45, 2.75) is 57.6 Å². The van der Waals surface area contributed by atoms with Crippen molar-refractivity contribution in [2.24, 2.45) is 11.7 Å². The SMILES string of the molecule is CCCC1CCN(C2(CN)CC(OCC)C2)C1. The first-order chi connectivity index (χ1) is 8.24. The van der Waals surface area contributed by atoms with Gasteiger partial charge in [0.2, 0.25) is 0 Å². The van der Waals surface area contributed by atoms with Crippen LogP contribution >= 0.6 is 0 Å². The summed E-state index contributed by atoms with van der Waals surface area (Å²) in [6.45, 7) is 8.52. The number of nitrogens with zero attached hydrogens (tertiary/aromatic N) is 1. The summed E-state index contributed by atoms with van der Waals surface area (Å²) in [7, 11) is 0. The summed E-state index contributed by atoms with van der Waals surface area (Å²) < 4.78 is 5.69. The Morgan fingerprint density at radius 3 is 2.71 bits per heavy atom. The third-order valence-corrected chi connectivity index (χ3v) is 4.65. The molecule has 17 heavy (non-hydrogen) atoms. The molecular formula is C14H28N2O. The number of rotatable bonds is 6. The van der Waals surface area contributed by atoms with Gasteiger partial charge in [0, 0.05) is 25.2 Å². The quantitative estimate of drug-likeness (QED) is 0.772. The molecule has 2 aliphatic rings. The van der Waals surface area contributed by atoms with Gasteiger partial charge >= 0.3 is 0 Å². The summed E-state index contributed by atoms with van der Waals surface area (Å²) in [5.41, 5.74) is 6.31. The van der Waals surface area contributed by atoms with E-state index in [-0.39, 0.29) is 5.54 Å². The van der Waals surface area contributed by atoms with Crippen molar-refractivity contribution in [3.05, 3.63) is 0 Å². The Hall–Kier alpha value is -0.120. The second-order valence-corrected chi connectivity index (χ2v) is 5.80. The van der Waals surface area contributed by atoms with Crippen LogP contribution in [0.1, 0.15) is 46.0 Å². The molecule has 2 N–H and O–H groups in total. The molecule has 0 aromatic heterocycles. The zero-order chi connectivity index (χ0) is 12.3. The van der Waals surface area contributed by atoms with Gasteiger partial charge < -0.3 is 10.5 Å². The van der Waals surface area contributed by atoms with E-state index in [9.17, 15) is 0 Å².